The zero-order chi connectivity index (χ0) is 14.9. The standard InChI is InChI=1S/C12H11NO.C5H4BrN/c1-14-11-6-4-5-10(9-11)12-7-2-3-8-13-12;6-5-3-1-2-4-7-5/h2-9H,1H3;1-4H. The molecule has 3 aromatic rings. The van der Waals surface area contributed by atoms with Crippen molar-refractivity contribution >= 4 is 15.9 Å². The van der Waals surface area contributed by atoms with Gasteiger partial charge in [0.25, 0.3) is 0 Å². The molecule has 21 heavy (non-hydrogen) atoms. The zero-order valence-corrected chi connectivity index (χ0v) is 13.2. The highest BCUT2D eigenvalue weighted by Crippen LogP contribution is 2.21. The minimum absolute atomic E-state index is 0.855. The minimum Gasteiger partial charge on any atom is -0.497 e. The topological polar surface area (TPSA) is 35.0 Å². The lowest BCUT2D eigenvalue weighted by Crippen LogP contribution is -1.85. The molecule has 2 heterocycles. The Morgan fingerprint density at radius 1 is 0.857 bits per heavy atom. The van der Waals surface area contributed by atoms with E-state index in [-0.39, 0.29) is 0 Å². The number of methoxy groups -OCH3 is 1. The van der Waals surface area contributed by atoms with Crippen molar-refractivity contribution in [3.05, 3.63) is 77.7 Å². The number of pyridine rings is 2. The average Bonchev–Trinajstić information content (AvgIpc) is 2.57. The van der Waals surface area contributed by atoms with Crippen molar-refractivity contribution in [1.82, 2.24) is 9.97 Å². The Labute approximate surface area is 132 Å². The maximum atomic E-state index is 5.15. The van der Waals surface area contributed by atoms with Gasteiger partial charge in [-0.05, 0) is 52.3 Å². The summed E-state index contributed by atoms with van der Waals surface area (Å²) in [6.07, 6.45) is 3.53. The molecule has 0 amide bonds. The van der Waals surface area contributed by atoms with Gasteiger partial charge in [-0.25, -0.2) is 4.98 Å². The van der Waals surface area contributed by atoms with Crippen LogP contribution in [-0.4, -0.2) is 17.1 Å². The number of aromatic nitrogens is 2. The highest BCUT2D eigenvalue weighted by atomic mass is 79.9. The predicted molar refractivity (Wildman–Crippen MR) is 88.2 cm³/mol. The fourth-order valence-corrected chi connectivity index (χ4v) is 1.93. The average molecular weight is 343 g/mol. The highest BCUT2D eigenvalue weighted by molar-refractivity contribution is 9.10. The van der Waals surface area contributed by atoms with E-state index in [1.165, 1.54) is 0 Å². The van der Waals surface area contributed by atoms with Crippen LogP contribution >= 0.6 is 15.9 Å². The van der Waals surface area contributed by atoms with Gasteiger partial charge >= 0.3 is 0 Å². The summed E-state index contributed by atoms with van der Waals surface area (Å²) in [7, 11) is 1.66. The number of hydrogen-bond donors (Lipinski definition) is 0. The van der Waals surface area contributed by atoms with E-state index in [0.717, 1.165) is 21.6 Å². The Balaban J connectivity index is 0.000000194. The lowest BCUT2D eigenvalue weighted by molar-refractivity contribution is 0.415. The van der Waals surface area contributed by atoms with Crippen molar-refractivity contribution in [3.8, 4) is 17.0 Å². The second-order valence-corrected chi connectivity index (χ2v) is 4.91. The maximum absolute atomic E-state index is 5.15. The van der Waals surface area contributed by atoms with Gasteiger partial charge in [0.05, 0.1) is 12.8 Å². The first kappa shape index (κ1) is 15.2. The molecule has 106 valence electrons. The van der Waals surface area contributed by atoms with Gasteiger partial charge in [-0.1, -0.05) is 24.3 Å². The van der Waals surface area contributed by atoms with Crippen LogP contribution < -0.4 is 4.74 Å². The summed E-state index contributed by atoms with van der Waals surface area (Å²) in [6.45, 7) is 0. The number of halogens is 1. The predicted octanol–water partition coefficient (Wildman–Crippen LogP) is 4.60. The van der Waals surface area contributed by atoms with Crippen LogP contribution in [0.4, 0.5) is 0 Å². The third-order valence-corrected chi connectivity index (χ3v) is 3.13. The molecule has 3 nitrogen and oxygen atoms in total. The van der Waals surface area contributed by atoms with Crippen LogP contribution in [0.3, 0.4) is 0 Å². The van der Waals surface area contributed by atoms with E-state index in [4.69, 9.17) is 4.74 Å². The van der Waals surface area contributed by atoms with Crippen LogP contribution in [-0.2, 0) is 0 Å². The molecule has 0 atom stereocenters. The summed E-state index contributed by atoms with van der Waals surface area (Å²) in [5.41, 5.74) is 2.04. The monoisotopic (exact) mass is 342 g/mol. The van der Waals surface area contributed by atoms with Gasteiger partial charge in [0.1, 0.15) is 10.4 Å². The van der Waals surface area contributed by atoms with Crippen LogP contribution in [0.25, 0.3) is 11.3 Å². The second kappa shape index (κ2) is 8.17. The Kier molecular flexibility index (Phi) is 5.91. The molecule has 0 N–H and O–H groups in total. The quantitative estimate of drug-likeness (QED) is 0.638. The molecule has 0 bridgehead atoms. The summed E-state index contributed by atoms with van der Waals surface area (Å²) in [5, 5.41) is 0. The van der Waals surface area contributed by atoms with Crippen LogP contribution in [0.2, 0.25) is 0 Å². The van der Waals surface area contributed by atoms with Gasteiger partial charge in [-0.2, -0.15) is 0 Å². The Bertz CT molecular complexity index is 660. The molecule has 0 saturated carbocycles. The van der Waals surface area contributed by atoms with E-state index in [9.17, 15) is 0 Å². The SMILES string of the molecule is Brc1ccccn1.COc1cccc(-c2ccccn2)c1. The van der Waals surface area contributed by atoms with Gasteiger partial charge in [0.2, 0.25) is 0 Å². The van der Waals surface area contributed by atoms with Gasteiger partial charge in [0, 0.05) is 18.0 Å². The molecule has 3 rings (SSSR count). The first-order valence-electron chi connectivity index (χ1n) is 6.41. The van der Waals surface area contributed by atoms with Crippen molar-refractivity contribution < 1.29 is 4.74 Å². The molecule has 0 aliphatic rings. The van der Waals surface area contributed by atoms with Gasteiger partial charge < -0.3 is 4.74 Å². The third-order valence-electron chi connectivity index (χ3n) is 2.66. The second-order valence-electron chi connectivity index (χ2n) is 4.10. The number of rotatable bonds is 2. The summed E-state index contributed by atoms with van der Waals surface area (Å²) >= 11 is 3.20. The molecule has 0 aliphatic heterocycles. The van der Waals surface area contributed by atoms with Crippen LogP contribution in [0.15, 0.2) is 77.7 Å². The molecular weight excluding hydrogens is 328 g/mol. The molecule has 0 spiro atoms. The molecule has 0 fully saturated rings. The normalized spacial score (nSPS) is 9.43. The first-order valence-corrected chi connectivity index (χ1v) is 7.21. The van der Waals surface area contributed by atoms with Crippen molar-refractivity contribution in [2.24, 2.45) is 0 Å². The third kappa shape index (κ3) is 5.00. The fraction of sp³-hybridized carbons (Fsp3) is 0.0588. The molecule has 1 aromatic carbocycles. The summed E-state index contributed by atoms with van der Waals surface area (Å²) in [5.74, 6) is 0.855. The number of hydrogen-bond acceptors (Lipinski definition) is 3. The maximum Gasteiger partial charge on any atom is 0.119 e. The lowest BCUT2D eigenvalue weighted by Gasteiger charge is -2.03. The van der Waals surface area contributed by atoms with E-state index in [1.54, 1.807) is 19.5 Å². The summed E-state index contributed by atoms with van der Waals surface area (Å²) in [6, 6.07) is 19.4. The Morgan fingerprint density at radius 2 is 1.62 bits per heavy atom. The van der Waals surface area contributed by atoms with Crippen molar-refractivity contribution in [3.63, 3.8) is 0 Å². The van der Waals surface area contributed by atoms with Gasteiger partial charge in [0.15, 0.2) is 0 Å². The van der Waals surface area contributed by atoms with E-state index >= 15 is 0 Å². The van der Waals surface area contributed by atoms with Gasteiger partial charge in [-0.15, -0.1) is 0 Å². The molecule has 0 unspecified atom stereocenters. The minimum atomic E-state index is 0.855. The van der Waals surface area contributed by atoms with Crippen LogP contribution in [0.1, 0.15) is 0 Å². The van der Waals surface area contributed by atoms with Crippen LogP contribution in [0, 0.1) is 0 Å². The van der Waals surface area contributed by atoms with Crippen molar-refractivity contribution in [1.29, 1.82) is 0 Å². The number of ether oxygens (including phenoxy) is 1. The van der Waals surface area contributed by atoms with E-state index in [0.29, 0.717) is 0 Å². The molecule has 0 saturated heterocycles. The van der Waals surface area contributed by atoms with E-state index < -0.39 is 0 Å². The lowest BCUT2D eigenvalue weighted by atomic mass is 10.1. The van der Waals surface area contributed by atoms with E-state index in [2.05, 4.69) is 25.9 Å². The Morgan fingerprint density at radius 3 is 2.14 bits per heavy atom. The number of nitrogens with zero attached hydrogens (tertiary/aromatic N) is 2. The Hall–Kier alpha value is -2.20. The van der Waals surface area contributed by atoms with Crippen LogP contribution in [0.5, 0.6) is 5.75 Å². The highest BCUT2D eigenvalue weighted by Gasteiger charge is 1.98. The fourth-order valence-electron chi connectivity index (χ4n) is 1.66. The smallest absolute Gasteiger partial charge is 0.119 e. The molecule has 0 radical (unpaired) electrons. The molecule has 2 aromatic heterocycles. The number of benzene rings is 1. The summed E-state index contributed by atoms with van der Waals surface area (Å²) < 4.78 is 6.03. The van der Waals surface area contributed by atoms with E-state index in [1.807, 2.05) is 60.7 Å². The zero-order valence-electron chi connectivity index (χ0n) is 11.6. The molecular formula is C17H15BrN2O. The largest absolute Gasteiger partial charge is 0.497 e. The van der Waals surface area contributed by atoms with Crippen molar-refractivity contribution in [2.75, 3.05) is 7.11 Å². The molecule has 0 aliphatic carbocycles. The van der Waals surface area contributed by atoms with Crippen molar-refractivity contribution in [2.45, 2.75) is 0 Å². The summed E-state index contributed by atoms with van der Waals surface area (Å²) in [4.78, 5) is 8.16. The first-order chi connectivity index (χ1) is 10.3. The van der Waals surface area contributed by atoms with Gasteiger partial charge in [-0.3, -0.25) is 4.98 Å². The molecule has 4 heteroatoms.